The van der Waals surface area contributed by atoms with E-state index in [1.165, 1.54) is 16.3 Å². The highest BCUT2D eigenvalue weighted by atomic mass is 32.2. The van der Waals surface area contributed by atoms with E-state index in [1.54, 1.807) is 43.8 Å². The Morgan fingerprint density at radius 1 is 0.812 bits per heavy atom. The first kappa shape index (κ1) is 22.2. The number of nitrogens with zero attached hydrogens (tertiary/aromatic N) is 2. The van der Waals surface area contributed by atoms with Gasteiger partial charge in [-0.2, -0.15) is 0 Å². The van der Waals surface area contributed by atoms with Crippen LogP contribution in [0, 0.1) is 20.8 Å². The van der Waals surface area contributed by atoms with Crippen LogP contribution in [0.25, 0.3) is 11.0 Å². The Morgan fingerprint density at radius 2 is 1.41 bits per heavy atom. The van der Waals surface area contributed by atoms with Crippen molar-refractivity contribution in [1.82, 2.24) is 9.13 Å². The van der Waals surface area contributed by atoms with Gasteiger partial charge in [0.15, 0.2) is 0 Å². The lowest BCUT2D eigenvalue weighted by Gasteiger charge is -2.15. The van der Waals surface area contributed by atoms with Crippen molar-refractivity contribution in [3.63, 3.8) is 0 Å². The van der Waals surface area contributed by atoms with Crippen molar-refractivity contribution in [3.8, 4) is 0 Å². The molecule has 1 aromatic heterocycles. The molecule has 166 valence electrons. The van der Waals surface area contributed by atoms with Crippen LogP contribution in [-0.2, 0) is 24.1 Å². The topological polar surface area (TPSA) is 73.1 Å². The van der Waals surface area contributed by atoms with Crippen LogP contribution in [0.15, 0.2) is 74.1 Å². The van der Waals surface area contributed by atoms with Gasteiger partial charge in [0.05, 0.1) is 21.6 Å². The molecule has 0 saturated carbocycles. The van der Waals surface area contributed by atoms with Crippen LogP contribution in [0.5, 0.6) is 0 Å². The molecule has 0 amide bonds. The summed E-state index contributed by atoms with van der Waals surface area (Å²) < 4.78 is 32.4. The third-order valence-electron chi connectivity index (χ3n) is 5.49. The van der Waals surface area contributed by atoms with Crippen molar-refractivity contribution in [3.05, 3.63) is 81.8 Å². The molecule has 1 N–H and O–H groups in total. The van der Waals surface area contributed by atoms with Crippen LogP contribution >= 0.6 is 11.8 Å². The lowest BCUT2D eigenvalue weighted by Crippen LogP contribution is -2.19. The molecule has 0 aliphatic heterocycles. The molecule has 0 saturated heterocycles. The number of aromatic nitrogens is 2. The number of rotatable bonds is 5. The second-order valence-corrected chi connectivity index (χ2v) is 10.8. The molecule has 8 heteroatoms. The minimum absolute atomic E-state index is 0.166. The van der Waals surface area contributed by atoms with Gasteiger partial charge in [-0.3, -0.25) is 13.9 Å². The maximum Gasteiger partial charge on any atom is 0.328 e. The number of imidazole rings is 1. The van der Waals surface area contributed by atoms with Gasteiger partial charge in [-0.15, -0.1) is 0 Å². The molecule has 6 nitrogen and oxygen atoms in total. The first-order chi connectivity index (χ1) is 15.1. The van der Waals surface area contributed by atoms with E-state index >= 15 is 0 Å². The van der Waals surface area contributed by atoms with Gasteiger partial charge in [0.1, 0.15) is 0 Å². The Kier molecular flexibility index (Phi) is 5.68. The van der Waals surface area contributed by atoms with Gasteiger partial charge >= 0.3 is 5.69 Å². The van der Waals surface area contributed by atoms with Crippen molar-refractivity contribution in [2.75, 3.05) is 4.72 Å². The highest BCUT2D eigenvalue weighted by Crippen LogP contribution is 2.37. The molecule has 0 bridgehead atoms. The number of hydrogen-bond acceptors (Lipinski definition) is 4. The second kappa shape index (κ2) is 8.18. The first-order valence-electron chi connectivity index (χ1n) is 10.1. The van der Waals surface area contributed by atoms with Gasteiger partial charge < -0.3 is 0 Å². The highest BCUT2D eigenvalue weighted by molar-refractivity contribution is 7.99. The van der Waals surface area contributed by atoms with Crippen LogP contribution in [0.3, 0.4) is 0 Å². The largest absolute Gasteiger partial charge is 0.328 e. The number of fused-ring (bicyclic) bond motifs is 1. The molecule has 4 rings (SSSR count). The van der Waals surface area contributed by atoms with Gasteiger partial charge in [-0.05, 0) is 56.7 Å². The zero-order chi connectivity index (χ0) is 23.2. The first-order valence-corrected chi connectivity index (χ1v) is 12.4. The van der Waals surface area contributed by atoms with Crippen molar-refractivity contribution in [1.29, 1.82) is 0 Å². The average Bonchev–Trinajstić information content (AvgIpc) is 2.93. The van der Waals surface area contributed by atoms with Gasteiger partial charge in [0, 0.05) is 23.9 Å². The van der Waals surface area contributed by atoms with Crippen LogP contribution in [0.2, 0.25) is 0 Å². The van der Waals surface area contributed by atoms with E-state index in [-0.39, 0.29) is 10.6 Å². The zero-order valence-corrected chi connectivity index (χ0v) is 20.3. The summed E-state index contributed by atoms with van der Waals surface area (Å²) in [5.74, 6) is 0. The molecular weight excluding hydrogens is 442 g/mol. The summed E-state index contributed by atoms with van der Waals surface area (Å²) in [6.07, 6.45) is 0. The SMILES string of the molecule is Cc1ccc(Sc2cc3c(cc2NS(=O)(=O)c2ccc(C)cc2C)n(C)c(=O)n3C)cc1. The van der Waals surface area contributed by atoms with Crippen LogP contribution in [0.4, 0.5) is 5.69 Å². The van der Waals surface area contributed by atoms with Gasteiger partial charge in [0.25, 0.3) is 10.0 Å². The minimum Gasteiger partial charge on any atom is -0.295 e. The molecule has 0 radical (unpaired) electrons. The predicted octanol–water partition coefficient (Wildman–Crippen LogP) is 4.75. The number of aryl methyl sites for hydroxylation is 5. The number of benzene rings is 3. The Balaban J connectivity index is 1.86. The van der Waals surface area contributed by atoms with E-state index in [9.17, 15) is 13.2 Å². The highest BCUT2D eigenvalue weighted by Gasteiger charge is 2.21. The Bertz CT molecular complexity index is 1500. The number of sulfonamides is 1. The van der Waals surface area contributed by atoms with E-state index < -0.39 is 10.0 Å². The molecule has 0 fully saturated rings. The maximum absolute atomic E-state index is 13.3. The summed E-state index contributed by atoms with van der Waals surface area (Å²) in [5, 5.41) is 0. The molecule has 0 unspecified atom stereocenters. The van der Waals surface area contributed by atoms with Gasteiger partial charge in [0.2, 0.25) is 0 Å². The summed E-state index contributed by atoms with van der Waals surface area (Å²) in [5.41, 5.74) is 4.48. The van der Waals surface area contributed by atoms with Gasteiger partial charge in [-0.25, -0.2) is 13.2 Å². The normalized spacial score (nSPS) is 11.8. The van der Waals surface area contributed by atoms with Gasteiger partial charge in [-0.1, -0.05) is 47.2 Å². The van der Waals surface area contributed by atoms with E-state index in [4.69, 9.17) is 0 Å². The molecular formula is C24H25N3O3S2. The number of hydrogen-bond donors (Lipinski definition) is 1. The lowest BCUT2D eigenvalue weighted by atomic mass is 10.2. The second-order valence-electron chi connectivity index (χ2n) is 8.03. The molecule has 0 aliphatic rings. The molecule has 0 atom stereocenters. The summed E-state index contributed by atoms with van der Waals surface area (Å²) >= 11 is 1.45. The fraction of sp³-hybridized carbons (Fsp3) is 0.208. The third kappa shape index (κ3) is 4.08. The summed E-state index contributed by atoms with van der Waals surface area (Å²) in [6.45, 7) is 5.73. The predicted molar refractivity (Wildman–Crippen MR) is 130 cm³/mol. The quantitative estimate of drug-likeness (QED) is 0.460. The smallest absolute Gasteiger partial charge is 0.295 e. The van der Waals surface area contributed by atoms with Crippen molar-refractivity contribution < 1.29 is 8.42 Å². The molecule has 4 aromatic rings. The third-order valence-corrected chi connectivity index (χ3v) is 8.08. The Labute approximate surface area is 191 Å². The molecule has 32 heavy (non-hydrogen) atoms. The summed E-state index contributed by atoms with van der Waals surface area (Å²) in [7, 11) is -0.431. The van der Waals surface area contributed by atoms with E-state index in [0.29, 0.717) is 16.8 Å². The monoisotopic (exact) mass is 467 g/mol. The molecule has 3 aromatic carbocycles. The fourth-order valence-electron chi connectivity index (χ4n) is 3.72. The van der Waals surface area contributed by atoms with Crippen LogP contribution in [0.1, 0.15) is 16.7 Å². The van der Waals surface area contributed by atoms with Crippen molar-refractivity contribution in [2.45, 2.75) is 35.5 Å². The van der Waals surface area contributed by atoms with E-state index in [0.717, 1.165) is 26.4 Å². The van der Waals surface area contributed by atoms with Crippen molar-refractivity contribution in [2.24, 2.45) is 14.1 Å². The maximum atomic E-state index is 13.3. The average molecular weight is 468 g/mol. The molecule has 1 heterocycles. The number of anilines is 1. The summed E-state index contributed by atoms with van der Waals surface area (Å²) in [6, 6.07) is 16.9. The van der Waals surface area contributed by atoms with E-state index in [1.807, 2.05) is 50.2 Å². The number of nitrogens with one attached hydrogen (secondary N) is 1. The zero-order valence-electron chi connectivity index (χ0n) is 18.6. The lowest BCUT2D eigenvalue weighted by molar-refractivity contribution is 0.600. The summed E-state index contributed by atoms with van der Waals surface area (Å²) in [4.78, 5) is 14.4. The Morgan fingerprint density at radius 3 is 2.03 bits per heavy atom. The Hall–Kier alpha value is -2.97. The molecule has 0 aliphatic carbocycles. The van der Waals surface area contributed by atoms with Crippen LogP contribution < -0.4 is 10.4 Å². The van der Waals surface area contributed by atoms with E-state index in [2.05, 4.69) is 4.72 Å². The fourth-order valence-corrected chi connectivity index (χ4v) is 6.00. The minimum atomic E-state index is -3.82. The standard InChI is InChI=1S/C24H25N3O3S2/c1-15-6-9-18(10-7-15)31-22-14-21-20(26(4)24(28)27(21)5)13-19(22)25-32(29,30)23-11-8-16(2)12-17(23)3/h6-14,25H,1-5H3. The molecule has 0 spiro atoms. The van der Waals surface area contributed by atoms with Crippen LogP contribution in [-0.4, -0.2) is 17.6 Å². The van der Waals surface area contributed by atoms with Crippen molar-refractivity contribution >= 4 is 38.5 Å².